The van der Waals surface area contributed by atoms with Gasteiger partial charge in [0.05, 0.1) is 10.7 Å². The fourth-order valence-corrected chi connectivity index (χ4v) is 3.21. The highest BCUT2D eigenvalue weighted by Crippen LogP contribution is 2.39. The standard InChI is InChI=1S/C24H21ClN2O2/c1-17-12-22(27-26-17)20-13-21(25)24(29-16-19-10-6-3-7-11-19)14-23(20)28-15-18-8-4-2-5-9-18/h2-14H,15-16H2,1H3,(H,26,27). The van der Waals surface area contributed by atoms with Crippen molar-refractivity contribution in [1.82, 2.24) is 10.2 Å². The van der Waals surface area contributed by atoms with Gasteiger partial charge in [-0.2, -0.15) is 5.10 Å². The second-order valence-corrected chi connectivity index (χ2v) is 7.17. The van der Waals surface area contributed by atoms with Crippen molar-refractivity contribution in [3.63, 3.8) is 0 Å². The van der Waals surface area contributed by atoms with E-state index in [2.05, 4.69) is 10.2 Å². The number of ether oxygens (including phenoxy) is 2. The Morgan fingerprint density at radius 1 is 0.793 bits per heavy atom. The van der Waals surface area contributed by atoms with Crippen molar-refractivity contribution in [3.05, 3.63) is 101 Å². The molecule has 1 heterocycles. The average molecular weight is 405 g/mol. The van der Waals surface area contributed by atoms with Crippen molar-refractivity contribution in [2.24, 2.45) is 0 Å². The van der Waals surface area contributed by atoms with Gasteiger partial charge in [-0.1, -0.05) is 72.3 Å². The van der Waals surface area contributed by atoms with Crippen LogP contribution in [-0.4, -0.2) is 10.2 Å². The number of aromatic amines is 1. The summed E-state index contributed by atoms with van der Waals surface area (Å²) in [5.41, 5.74) is 4.72. The van der Waals surface area contributed by atoms with E-state index in [0.717, 1.165) is 28.1 Å². The predicted octanol–water partition coefficient (Wildman–Crippen LogP) is 6.20. The number of nitrogens with one attached hydrogen (secondary N) is 1. The molecule has 29 heavy (non-hydrogen) atoms. The van der Waals surface area contributed by atoms with Crippen molar-refractivity contribution in [2.45, 2.75) is 20.1 Å². The highest BCUT2D eigenvalue weighted by Gasteiger charge is 2.15. The van der Waals surface area contributed by atoms with Crippen LogP contribution in [0.3, 0.4) is 0 Å². The first-order valence-electron chi connectivity index (χ1n) is 9.38. The summed E-state index contributed by atoms with van der Waals surface area (Å²) < 4.78 is 12.1. The summed E-state index contributed by atoms with van der Waals surface area (Å²) in [6.45, 7) is 2.83. The molecule has 0 aliphatic carbocycles. The van der Waals surface area contributed by atoms with Crippen molar-refractivity contribution in [3.8, 4) is 22.8 Å². The van der Waals surface area contributed by atoms with Crippen LogP contribution in [0.4, 0.5) is 0 Å². The van der Waals surface area contributed by atoms with Gasteiger partial charge in [-0.3, -0.25) is 5.10 Å². The Hall–Kier alpha value is -3.24. The summed E-state index contributed by atoms with van der Waals surface area (Å²) in [5.74, 6) is 1.25. The monoisotopic (exact) mass is 404 g/mol. The molecule has 0 saturated carbocycles. The number of hydrogen-bond donors (Lipinski definition) is 1. The largest absolute Gasteiger partial charge is 0.488 e. The molecule has 0 amide bonds. The molecular weight excluding hydrogens is 384 g/mol. The predicted molar refractivity (Wildman–Crippen MR) is 115 cm³/mol. The van der Waals surface area contributed by atoms with Crippen LogP contribution in [0.25, 0.3) is 11.3 Å². The van der Waals surface area contributed by atoms with Crippen LogP contribution < -0.4 is 9.47 Å². The molecule has 1 aromatic heterocycles. The highest BCUT2D eigenvalue weighted by atomic mass is 35.5. The SMILES string of the molecule is Cc1cc(-c2cc(Cl)c(OCc3ccccc3)cc2OCc2ccccc2)n[nH]1. The molecule has 0 radical (unpaired) electrons. The topological polar surface area (TPSA) is 47.1 Å². The van der Waals surface area contributed by atoms with Gasteiger partial charge in [0.2, 0.25) is 0 Å². The van der Waals surface area contributed by atoms with Gasteiger partial charge in [-0.25, -0.2) is 0 Å². The van der Waals surface area contributed by atoms with E-state index in [1.165, 1.54) is 0 Å². The molecular formula is C24H21ClN2O2. The average Bonchev–Trinajstić information content (AvgIpc) is 3.19. The minimum absolute atomic E-state index is 0.430. The minimum Gasteiger partial charge on any atom is -0.488 e. The van der Waals surface area contributed by atoms with Crippen LogP contribution in [0.2, 0.25) is 5.02 Å². The van der Waals surface area contributed by atoms with Crippen molar-refractivity contribution < 1.29 is 9.47 Å². The third-order valence-corrected chi connectivity index (χ3v) is 4.79. The molecule has 4 nitrogen and oxygen atoms in total. The maximum atomic E-state index is 6.52. The van der Waals surface area contributed by atoms with E-state index >= 15 is 0 Å². The maximum Gasteiger partial charge on any atom is 0.142 e. The zero-order valence-corrected chi connectivity index (χ0v) is 16.8. The molecule has 0 fully saturated rings. The zero-order chi connectivity index (χ0) is 20.1. The molecule has 5 heteroatoms. The first-order chi connectivity index (χ1) is 14.2. The third kappa shape index (κ3) is 4.79. The Morgan fingerprint density at radius 2 is 1.38 bits per heavy atom. The van der Waals surface area contributed by atoms with E-state index in [9.17, 15) is 0 Å². The van der Waals surface area contributed by atoms with Crippen LogP contribution >= 0.6 is 11.6 Å². The van der Waals surface area contributed by atoms with Gasteiger partial charge in [0.1, 0.15) is 24.7 Å². The van der Waals surface area contributed by atoms with Crippen LogP contribution in [0, 0.1) is 6.92 Å². The normalized spacial score (nSPS) is 10.7. The third-order valence-electron chi connectivity index (χ3n) is 4.49. The fraction of sp³-hybridized carbons (Fsp3) is 0.125. The molecule has 0 saturated heterocycles. The number of aryl methyl sites for hydroxylation is 1. The Morgan fingerprint density at radius 3 is 1.93 bits per heavy atom. The van der Waals surface area contributed by atoms with E-state index < -0.39 is 0 Å². The van der Waals surface area contributed by atoms with E-state index in [1.54, 1.807) is 0 Å². The van der Waals surface area contributed by atoms with Gasteiger partial charge >= 0.3 is 0 Å². The van der Waals surface area contributed by atoms with Gasteiger partial charge in [-0.05, 0) is 30.2 Å². The number of rotatable bonds is 7. The van der Waals surface area contributed by atoms with E-state index in [1.807, 2.05) is 85.8 Å². The summed E-state index contributed by atoms with van der Waals surface area (Å²) in [6.07, 6.45) is 0. The molecule has 4 aromatic rings. The molecule has 0 spiro atoms. The summed E-state index contributed by atoms with van der Waals surface area (Å²) >= 11 is 6.52. The van der Waals surface area contributed by atoms with Crippen molar-refractivity contribution in [2.75, 3.05) is 0 Å². The lowest BCUT2D eigenvalue weighted by molar-refractivity contribution is 0.291. The van der Waals surface area contributed by atoms with Gasteiger partial charge in [0, 0.05) is 17.3 Å². The van der Waals surface area contributed by atoms with E-state index in [4.69, 9.17) is 21.1 Å². The lowest BCUT2D eigenvalue weighted by atomic mass is 10.1. The van der Waals surface area contributed by atoms with Crippen LogP contribution in [-0.2, 0) is 13.2 Å². The highest BCUT2D eigenvalue weighted by molar-refractivity contribution is 6.32. The van der Waals surface area contributed by atoms with E-state index in [0.29, 0.717) is 29.7 Å². The van der Waals surface area contributed by atoms with E-state index in [-0.39, 0.29) is 0 Å². The molecule has 0 unspecified atom stereocenters. The fourth-order valence-electron chi connectivity index (χ4n) is 2.99. The second kappa shape index (κ2) is 8.84. The Bertz CT molecular complexity index is 1080. The summed E-state index contributed by atoms with van der Waals surface area (Å²) in [7, 11) is 0. The van der Waals surface area contributed by atoms with Crippen LogP contribution in [0.1, 0.15) is 16.8 Å². The summed E-state index contributed by atoms with van der Waals surface area (Å²) in [6, 6.07) is 25.7. The Balaban J connectivity index is 1.62. The summed E-state index contributed by atoms with van der Waals surface area (Å²) in [4.78, 5) is 0. The molecule has 0 aliphatic heterocycles. The van der Waals surface area contributed by atoms with Crippen molar-refractivity contribution >= 4 is 11.6 Å². The van der Waals surface area contributed by atoms with Crippen LogP contribution in [0.5, 0.6) is 11.5 Å². The number of benzene rings is 3. The Kier molecular flexibility index (Phi) is 5.82. The number of nitrogens with zero attached hydrogens (tertiary/aromatic N) is 1. The molecule has 3 aromatic carbocycles. The quantitative estimate of drug-likeness (QED) is 0.399. The molecule has 0 bridgehead atoms. The van der Waals surface area contributed by atoms with Gasteiger partial charge in [0.25, 0.3) is 0 Å². The number of H-pyrrole nitrogens is 1. The maximum absolute atomic E-state index is 6.52. The first kappa shape index (κ1) is 19.1. The number of halogens is 1. The summed E-state index contributed by atoms with van der Waals surface area (Å²) in [5, 5.41) is 7.85. The molecule has 4 rings (SSSR count). The smallest absolute Gasteiger partial charge is 0.142 e. The van der Waals surface area contributed by atoms with Gasteiger partial charge < -0.3 is 9.47 Å². The number of aromatic nitrogens is 2. The lowest BCUT2D eigenvalue weighted by Crippen LogP contribution is -2.00. The van der Waals surface area contributed by atoms with Crippen molar-refractivity contribution in [1.29, 1.82) is 0 Å². The van der Waals surface area contributed by atoms with Gasteiger partial charge in [0.15, 0.2) is 0 Å². The number of hydrogen-bond acceptors (Lipinski definition) is 3. The molecule has 0 aliphatic rings. The Labute approximate surface area is 175 Å². The van der Waals surface area contributed by atoms with Gasteiger partial charge in [-0.15, -0.1) is 0 Å². The lowest BCUT2D eigenvalue weighted by Gasteiger charge is -2.15. The molecule has 1 N–H and O–H groups in total. The van der Waals surface area contributed by atoms with Crippen LogP contribution in [0.15, 0.2) is 78.9 Å². The second-order valence-electron chi connectivity index (χ2n) is 6.76. The minimum atomic E-state index is 0.430. The zero-order valence-electron chi connectivity index (χ0n) is 16.1. The first-order valence-corrected chi connectivity index (χ1v) is 9.76. The molecule has 146 valence electrons. The molecule has 0 atom stereocenters.